The molecular weight excluding hydrogens is 356 g/mol. The van der Waals surface area contributed by atoms with Gasteiger partial charge >= 0.3 is 0 Å². The molecule has 0 saturated carbocycles. The summed E-state index contributed by atoms with van der Waals surface area (Å²) in [4.78, 5) is 26.2. The van der Waals surface area contributed by atoms with E-state index in [0.29, 0.717) is 18.6 Å². The minimum absolute atomic E-state index is 0.125. The number of fused-ring (bicyclic) bond motifs is 1. The summed E-state index contributed by atoms with van der Waals surface area (Å²) in [7, 11) is -0.541. The number of nitrogens with zero attached hydrogens (tertiary/aromatic N) is 2. The van der Waals surface area contributed by atoms with Gasteiger partial charge in [-0.25, -0.2) is 12.7 Å². The standard InChI is InChI=1S/C18H22N2O5S/c1-19(2)26(23,24)14-9-7-13(8-10-14)25-12-11-20-17(21)15-5-3-4-6-16(15)18(20)22/h3-4,7-10,15-16H,5-6,11-12H2,1-2H3/t15-,16-/m0/s1. The molecule has 1 saturated heterocycles. The van der Waals surface area contributed by atoms with E-state index in [2.05, 4.69) is 0 Å². The van der Waals surface area contributed by atoms with Gasteiger partial charge in [-0.15, -0.1) is 0 Å². The van der Waals surface area contributed by atoms with Crippen LogP contribution in [0.5, 0.6) is 5.75 Å². The Kier molecular flexibility index (Phi) is 5.15. The molecule has 1 aliphatic heterocycles. The normalized spacial score (nSPS) is 22.8. The van der Waals surface area contributed by atoms with Crippen LogP contribution in [-0.4, -0.2) is 56.7 Å². The van der Waals surface area contributed by atoms with Crippen LogP contribution in [0.15, 0.2) is 41.3 Å². The molecule has 2 amide bonds. The summed E-state index contributed by atoms with van der Waals surface area (Å²) in [6, 6.07) is 6.06. The molecule has 0 radical (unpaired) electrons. The predicted molar refractivity (Wildman–Crippen MR) is 94.9 cm³/mol. The molecule has 8 heteroatoms. The van der Waals surface area contributed by atoms with Crippen LogP contribution in [0.1, 0.15) is 12.8 Å². The molecule has 0 bridgehead atoms. The van der Waals surface area contributed by atoms with Gasteiger partial charge in [-0.2, -0.15) is 0 Å². The van der Waals surface area contributed by atoms with E-state index in [0.717, 1.165) is 4.31 Å². The number of likely N-dealkylation sites (tertiary alicyclic amines) is 1. The van der Waals surface area contributed by atoms with Crippen LogP contribution in [0.2, 0.25) is 0 Å². The summed E-state index contributed by atoms with van der Waals surface area (Å²) < 4.78 is 30.8. The van der Waals surface area contributed by atoms with Crippen LogP contribution in [0, 0.1) is 11.8 Å². The molecule has 140 valence electrons. The summed E-state index contributed by atoms with van der Waals surface area (Å²) >= 11 is 0. The van der Waals surface area contributed by atoms with Crippen LogP contribution >= 0.6 is 0 Å². The number of hydrogen-bond donors (Lipinski definition) is 0. The van der Waals surface area contributed by atoms with E-state index in [1.54, 1.807) is 12.1 Å². The molecule has 0 unspecified atom stereocenters. The molecule has 1 fully saturated rings. The van der Waals surface area contributed by atoms with E-state index in [9.17, 15) is 18.0 Å². The molecular formula is C18H22N2O5S. The number of hydrogen-bond acceptors (Lipinski definition) is 5. The first kappa shape index (κ1) is 18.6. The van der Waals surface area contributed by atoms with Gasteiger partial charge in [0.15, 0.2) is 0 Å². The highest BCUT2D eigenvalue weighted by Gasteiger charge is 2.46. The molecule has 7 nitrogen and oxygen atoms in total. The molecule has 0 N–H and O–H groups in total. The van der Waals surface area contributed by atoms with Crippen molar-refractivity contribution in [3.05, 3.63) is 36.4 Å². The van der Waals surface area contributed by atoms with E-state index in [4.69, 9.17) is 4.74 Å². The molecule has 2 atom stereocenters. The average Bonchev–Trinajstić information content (AvgIpc) is 2.87. The number of imide groups is 1. The van der Waals surface area contributed by atoms with Gasteiger partial charge in [0.1, 0.15) is 12.4 Å². The molecule has 26 heavy (non-hydrogen) atoms. The van der Waals surface area contributed by atoms with Crippen molar-refractivity contribution in [2.45, 2.75) is 17.7 Å². The molecule has 1 aromatic carbocycles. The number of allylic oxidation sites excluding steroid dienone is 2. The zero-order valence-electron chi connectivity index (χ0n) is 14.8. The van der Waals surface area contributed by atoms with Gasteiger partial charge < -0.3 is 4.74 Å². The maximum atomic E-state index is 12.4. The average molecular weight is 378 g/mol. The summed E-state index contributed by atoms with van der Waals surface area (Å²) in [5.41, 5.74) is 0. The monoisotopic (exact) mass is 378 g/mol. The van der Waals surface area contributed by atoms with Crippen LogP contribution in [0.25, 0.3) is 0 Å². The minimum atomic E-state index is -3.48. The fourth-order valence-electron chi connectivity index (χ4n) is 3.26. The van der Waals surface area contributed by atoms with E-state index in [1.165, 1.54) is 31.1 Å². The number of benzene rings is 1. The Labute approximate surface area is 153 Å². The lowest BCUT2D eigenvalue weighted by atomic mass is 9.85. The van der Waals surface area contributed by atoms with Crippen LogP contribution < -0.4 is 4.74 Å². The SMILES string of the molecule is CN(C)S(=O)(=O)c1ccc(OCCN2C(=O)[C@H]3CC=CC[C@@H]3C2=O)cc1. The van der Waals surface area contributed by atoms with Crippen molar-refractivity contribution in [3.63, 3.8) is 0 Å². The van der Waals surface area contributed by atoms with Gasteiger partial charge in [0.2, 0.25) is 21.8 Å². The first-order chi connectivity index (χ1) is 12.3. The highest BCUT2D eigenvalue weighted by atomic mass is 32.2. The van der Waals surface area contributed by atoms with Crippen molar-refractivity contribution in [2.75, 3.05) is 27.2 Å². The van der Waals surface area contributed by atoms with Crippen molar-refractivity contribution in [3.8, 4) is 5.75 Å². The Morgan fingerprint density at radius 3 is 2.08 bits per heavy atom. The third kappa shape index (κ3) is 3.39. The Morgan fingerprint density at radius 2 is 1.58 bits per heavy atom. The van der Waals surface area contributed by atoms with E-state index >= 15 is 0 Å². The number of carbonyl (C=O) groups excluding carboxylic acids is 2. The Morgan fingerprint density at radius 1 is 1.04 bits per heavy atom. The fourth-order valence-corrected chi connectivity index (χ4v) is 4.16. The third-order valence-corrected chi connectivity index (χ3v) is 6.61. The zero-order chi connectivity index (χ0) is 18.9. The molecule has 1 aromatic rings. The lowest BCUT2D eigenvalue weighted by Crippen LogP contribution is -2.34. The zero-order valence-corrected chi connectivity index (χ0v) is 15.6. The number of carbonyl (C=O) groups is 2. The predicted octanol–water partition coefficient (Wildman–Crippen LogP) is 1.27. The van der Waals surface area contributed by atoms with Crippen molar-refractivity contribution < 1.29 is 22.7 Å². The first-order valence-corrected chi connectivity index (χ1v) is 9.92. The second-order valence-electron chi connectivity index (χ2n) is 6.59. The number of rotatable bonds is 6. The molecule has 0 aromatic heterocycles. The highest BCUT2D eigenvalue weighted by molar-refractivity contribution is 7.89. The van der Waals surface area contributed by atoms with Crippen LogP contribution in [0.4, 0.5) is 0 Å². The lowest BCUT2D eigenvalue weighted by Gasteiger charge is -2.15. The van der Waals surface area contributed by atoms with Crippen LogP contribution in [-0.2, 0) is 19.6 Å². The summed E-state index contributed by atoms with van der Waals surface area (Å²) in [6.45, 7) is 0.368. The van der Waals surface area contributed by atoms with Gasteiger partial charge in [-0.3, -0.25) is 14.5 Å². The van der Waals surface area contributed by atoms with Gasteiger partial charge in [-0.1, -0.05) is 12.2 Å². The molecule has 0 spiro atoms. The third-order valence-electron chi connectivity index (χ3n) is 4.78. The molecule has 1 aliphatic carbocycles. The molecule has 3 rings (SSSR count). The van der Waals surface area contributed by atoms with E-state index in [-0.39, 0.29) is 41.7 Å². The van der Waals surface area contributed by atoms with Gasteiger partial charge in [-0.05, 0) is 37.1 Å². The van der Waals surface area contributed by atoms with Crippen molar-refractivity contribution >= 4 is 21.8 Å². The van der Waals surface area contributed by atoms with Gasteiger partial charge in [0.05, 0.1) is 23.3 Å². The first-order valence-electron chi connectivity index (χ1n) is 8.48. The second kappa shape index (κ2) is 7.20. The lowest BCUT2D eigenvalue weighted by molar-refractivity contribution is -0.140. The van der Waals surface area contributed by atoms with Crippen molar-refractivity contribution in [1.82, 2.24) is 9.21 Å². The second-order valence-corrected chi connectivity index (χ2v) is 8.74. The topological polar surface area (TPSA) is 84.0 Å². The summed E-state index contributed by atoms with van der Waals surface area (Å²) in [5.74, 6) is -0.229. The molecule has 1 heterocycles. The number of sulfonamides is 1. The summed E-state index contributed by atoms with van der Waals surface area (Å²) in [5, 5.41) is 0. The van der Waals surface area contributed by atoms with Crippen molar-refractivity contribution in [1.29, 1.82) is 0 Å². The van der Waals surface area contributed by atoms with Crippen LogP contribution in [0.3, 0.4) is 0 Å². The Balaban J connectivity index is 1.57. The maximum absolute atomic E-state index is 12.4. The number of amides is 2. The molecule has 2 aliphatic rings. The smallest absolute Gasteiger partial charge is 0.242 e. The fraction of sp³-hybridized carbons (Fsp3) is 0.444. The quantitative estimate of drug-likeness (QED) is 0.550. The van der Waals surface area contributed by atoms with Gasteiger partial charge in [0, 0.05) is 14.1 Å². The maximum Gasteiger partial charge on any atom is 0.242 e. The minimum Gasteiger partial charge on any atom is -0.492 e. The van der Waals surface area contributed by atoms with E-state index in [1.807, 2.05) is 12.2 Å². The highest BCUT2D eigenvalue weighted by Crippen LogP contribution is 2.34. The Hall–Kier alpha value is -2.19. The van der Waals surface area contributed by atoms with Crippen molar-refractivity contribution in [2.24, 2.45) is 11.8 Å². The number of ether oxygens (including phenoxy) is 1. The summed E-state index contributed by atoms with van der Waals surface area (Å²) in [6.07, 6.45) is 5.15. The van der Waals surface area contributed by atoms with E-state index < -0.39 is 10.0 Å². The Bertz CT molecular complexity index is 804. The largest absolute Gasteiger partial charge is 0.492 e. The van der Waals surface area contributed by atoms with Gasteiger partial charge in [0.25, 0.3) is 0 Å².